The van der Waals surface area contributed by atoms with Crippen molar-refractivity contribution in [3.05, 3.63) is 70.5 Å². The molecule has 0 aromatic heterocycles. The topological polar surface area (TPSA) is 49.3 Å². The van der Waals surface area contributed by atoms with Crippen molar-refractivity contribution in [2.24, 2.45) is 0 Å². The molecule has 0 aliphatic carbocycles. The molecule has 0 saturated carbocycles. The highest BCUT2D eigenvalue weighted by molar-refractivity contribution is 5.94. The lowest BCUT2D eigenvalue weighted by Gasteiger charge is -2.17. The Morgan fingerprint density at radius 1 is 1.00 bits per heavy atom. The minimum atomic E-state index is -1.69. The van der Waals surface area contributed by atoms with Gasteiger partial charge in [0.2, 0.25) is 0 Å². The average Bonchev–Trinajstić information content (AvgIpc) is 2.49. The van der Waals surface area contributed by atoms with E-state index in [-0.39, 0.29) is 5.56 Å². The van der Waals surface area contributed by atoms with Gasteiger partial charge in [0.15, 0.2) is 17.5 Å². The molecule has 0 fully saturated rings. The second-order valence-corrected chi connectivity index (χ2v) is 4.63. The molecule has 0 aliphatic rings. The third-order valence-electron chi connectivity index (χ3n) is 3.07. The van der Waals surface area contributed by atoms with Gasteiger partial charge in [-0.05, 0) is 29.8 Å². The van der Waals surface area contributed by atoms with Gasteiger partial charge in [-0.2, -0.15) is 0 Å². The second kappa shape index (κ2) is 6.74. The zero-order chi connectivity index (χ0) is 17.1. The van der Waals surface area contributed by atoms with Crippen molar-refractivity contribution in [1.82, 2.24) is 5.32 Å². The van der Waals surface area contributed by atoms with Crippen molar-refractivity contribution in [3.8, 4) is 0 Å². The Morgan fingerprint density at radius 3 is 2.13 bits per heavy atom. The van der Waals surface area contributed by atoms with Crippen LogP contribution in [0.5, 0.6) is 0 Å². The lowest BCUT2D eigenvalue weighted by molar-refractivity contribution is 0.0911. The van der Waals surface area contributed by atoms with E-state index in [0.29, 0.717) is 18.2 Å². The number of aliphatic hydroxyl groups excluding tert-OH is 1. The highest BCUT2D eigenvalue weighted by Crippen LogP contribution is 2.20. The highest BCUT2D eigenvalue weighted by atomic mass is 19.2. The number of benzene rings is 2. The zero-order valence-electron chi connectivity index (χ0n) is 11.4. The van der Waals surface area contributed by atoms with Crippen LogP contribution in [0, 0.1) is 29.1 Å². The molecule has 0 aliphatic heterocycles. The van der Waals surface area contributed by atoms with E-state index in [9.17, 15) is 31.9 Å². The summed E-state index contributed by atoms with van der Waals surface area (Å²) < 4.78 is 65.6. The van der Waals surface area contributed by atoms with Crippen LogP contribution >= 0.6 is 0 Å². The van der Waals surface area contributed by atoms with E-state index in [1.807, 2.05) is 0 Å². The van der Waals surface area contributed by atoms with Gasteiger partial charge >= 0.3 is 0 Å². The standard InChI is InChI=1S/C15H10F5NO2/c16-8-1-2-9(10(17)5-8)15(23)21-13(6-22)7-3-11(18)14(20)12(19)4-7/h1-5,13,22H,6H2,(H,21,23). The molecule has 0 radical (unpaired) electrons. The Balaban J connectivity index is 2.27. The predicted octanol–water partition coefficient (Wildman–Crippen LogP) is 2.85. The number of carbonyl (C=O) groups excluding carboxylic acids is 1. The van der Waals surface area contributed by atoms with E-state index in [2.05, 4.69) is 5.32 Å². The SMILES string of the molecule is O=C(NC(CO)c1cc(F)c(F)c(F)c1)c1ccc(F)cc1F. The molecule has 2 N–H and O–H groups in total. The molecular weight excluding hydrogens is 321 g/mol. The Labute approximate surface area is 127 Å². The fraction of sp³-hybridized carbons (Fsp3) is 0.133. The molecule has 1 unspecified atom stereocenters. The molecular formula is C15H10F5NO2. The highest BCUT2D eigenvalue weighted by Gasteiger charge is 2.21. The van der Waals surface area contributed by atoms with Crippen LogP contribution < -0.4 is 5.32 Å². The van der Waals surface area contributed by atoms with E-state index >= 15 is 0 Å². The van der Waals surface area contributed by atoms with Crippen LogP contribution in [-0.2, 0) is 0 Å². The van der Waals surface area contributed by atoms with Gasteiger partial charge < -0.3 is 10.4 Å². The quantitative estimate of drug-likeness (QED) is 0.669. The first-order chi connectivity index (χ1) is 10.8. The minimum Gasteiger partial charge on any atom is -0.394 e. The molecule has 2 aromatic carbocycles. The lowest BCUT2D eigenvalue weighted by Crippen LogP contribution is -2.31. The number of rotatable bonds is 4. The maximum absolute atomic E-state index is 13.5. The fourth-order valence-corrected chi connectivity index (χ4v) is 1.92. The molecule has 0 saturated heterocycles. The predicted molar refractivity (Wildman–Crippen MR) is 70.0 cm³/mol. The number of aliphatic hydroxyl groups is 1. The molecule has 122 valence electrons. The molecule has 3 nitrogen and oxygen atoms in total. The van der Waals surface area contributed by atoms with Crippen molar-refractivity contribution < 1.29 is 31.9 Å². The number of halogens is 5. The number of carbonyl (C=O) groups is 1. The summed E-state index contributed by atoms with van der Waals surface area (Å²) in [6.07, 6.45) is 0. The molecule has 0 bridgehead atoms. The van der Waals surface area contributed by atoms with Gasteiger partial charge in [-0.1, -0.05) is 0 Å². The van der Waals surface area contributed by atoms with Crippen LogP contribution in [0.1, 0.15) is 22.0 Å². The average molecular weight is 331 g/mol. The lowest BCUT2D eigenvalue weighted by atomic mass is 10.1. The molecule has 23 heavy (non-hydrogen) atoms. The Kier molecular flexibility index (Phi) is 4.95. The summed E-state index contributed by atoms with van der Waals surface area (Å²) in [7, 11) is 0. The van der Waals surface area contributed by atoms with Gasteiger partial charge in [-0.3, -0.25) is 4.79 Å². The maximum Gasteiger partial charge on any atom is 0.254 e. The normalized spacial score (nSPS) is 12.1. The van der Waals surface area contributed by atoms with Crippen molar-refractivity contribution in [2.45, 2.75) is 6.04 Å². The van der Waals surface area contributed by atoms with E-state index < -0.39 is 53.2 Å². The summed E-state index contributed by atoms with van der Waals surface area (Å²) in [5.74, 6) is -7.76. The number of nitrogens with one attached hydrogen (secondary N) is 1. The van der Waals surface area contributed by atoms with E-state index in [4.69, 9.17) is 0 Å². The third-order valence-corrected chi connectivity index (χ3v) is 3.07. The summed E-state index contributed by atoms with van der Waals surface area (Å²) >= 11 is 0. The Bertz CT molecular complexity index is 728. The minimum absolute atomic E-state index is 0.250. The van der Waals surface area contributed by atoms with E-state index in [1.165, 1.54) is 0 Å². The number of amides is 1. The molecule has 1 atom stereocenters. The first-order valence-corrected chi connectivity index (χ1v) is 6.34. The van der Waals surface area contributed by atoms with Gasteiger partial charge in [0.05, 0.1) is 18.2 Å². The molecule has 2 aromatic rings. The van der Waals surface area contributed by atoms with E-state index in [1.54, 1.807) is 0 Å². The Morgan fingerprint density at radius 2 is 1.61 bits per heavy atom. The summed E-state index contributed by atoms with van der Waals surface area (Å²) in [4.78, 5) is 11.9. The summed E-state index contributed by atoms with van der Waals surface area (Å²) in [6, 6.07) is 2.10. The maximum atomic E-state index is 13.5. The third kappa shape index (κ3) is 3.65. The first kappa shape index (κ1) is 16.9. The molecule has 2 rings (SSSR count). The van der Waals surface area contributed by atoms with Crippen molar-refractivity contribution in [2.75, 3.05) is 6.61 Å². The summed E-state index contributed by atoms with van der Waals surface area (Å²) in [6.45, 7) is -0.779. The monoisotopic (exact) mass is 331 g/mol. The smallest absolute Gasteiger partial charge is 0.254 e. The first-order valence-electron chi connectivity index (χ1n) is 6.34. The van der Waals surface area contributed by atoms with E-state index in [0.717, 1.165) is 12.1 Å². The summed E-state index contributed by atoms with van der Waals surface area (Å²) in [5, 5.41) is 11.4. The van der Waals surface area contributed by atoms with Gasteiger partial charge in [0.25, 0.3) is 5.91 Å². The fourth-order valence-electron chi connectivity index (χ4n) is 1.92. The van der Waals surface area contributed by atoms with Crippen LogP contribution in [-0.4, -0.2) is 17.6 Å². The number of hydrogen-bond acceptors (Lipinski definition) is 2. The van der Waals surface area contributed by atoms with Crippen molar-refractivity contribution in [3.63, 3.8) is 0 Å². The van der Waals surface area contributed by atoms with Gasteiger partial charge in [0.1, 0.15) is 11.6 Å². The van der Waals surface area contributed by atoms with Gasteiger partial charge in [0, 0.05) is 6.07 Å². The van der Waals surface area contributed by atoms with Crippen LogP contribution in [0.3, 0.4) is 0 Å². The molecule has 1 amide bonds. The second-order valence-electron chi connectivity index (χ2n) is 4.63. The van der Waals surface area contributed by atoms with Crippen LogP contribution in [0.15, 0.2) is 30.3 Å². The van der Waals surface area contributed by atoms with Gasteiger partial charge in [-0.25, -0.2) is 22.0 Å². The molecule has 0 spiro atoms. The van der Waals surface area contributed by atoms with Crippen LogP contribution in [0.4, 0.5) is 22.0 Å². The largest absolute Gasteiger partial charge is 0.394 e. The van der Waals surface area contributed by atoms with Crippen molar-refractivity contribution in [1.29, 1.82) is 0 Å². The Hall–Kier alpha value is -2.48. The van der Waals surface area contributed by atoms with Crippen LogP contribution in [0.25, 0.3) is 0 Å². The zero-order valence-corrected chi connectivity index (χ0v) is 11.4. The van der Waals surface area contributed by atoms with Crippen LogP contribution in [0.2, 0.25) is 0 Å². The molecule has 0 heterocycles. The molecule has 8 heteroatoms. The van der Waals surface area contributed by atoms with Gasteiger partial charge in [-0.15, -0.1) is 0 Å². The number of hydrogen-bond donors (Lipinski definition) is 2. The van der Waals surface area contributed by atoms with Crippen molar-refractivity contribution >= 4 is 5.91 Å². The summed E-state index contributed by atoms with van der Waals surface area (Å²) in [5.41, 5.74) is -0.771.